The molecule has 3 aromatic rings. The standard InChI is InChI=1S/C21H19N3O2/c1-15-7-2-4-11-18(15)21(26)22-14-20(25)24-23-13-17-10-6-9-16-8-3-5-12-19(16)17/h2-13H,14H2,1H3,(H,22,26)(H,24,25)/b23-13+. The molecule has 0 spiro atoms. The van der Waals surface area contributed by atoms with Crippen LogP contribution in [0.2, 0.25) is 0 Å². The Labute approximate surface area is 151 Å². The van der Waals surface area contributed by atoms with Crippen LogP contribution in [-0.4, -0.2) is 24.6 Å². The van der Waals surface area contributed by atoms with Gasteiger partial charge in [0.15, 0.2) is 0 Å². The van der Waals surface area contributed by atoms with E-state index >= 15 is 0 Å². The SMILES string of the molecule is Cc1ccccc1C(=O)NCC(=O)N/N=C/c1cccc2ccccc12. The predicted molar refractivity (Wildman–Crippen MR) is 103 cm³/mol. The van der Waals surface area contributed by atoms with E-state index in [1.54, 1.807) is 18.3 Å². The highest BCUT2D eigenvalue weighted by molar-refractivity contribution is 6.00. The average molecular weight is 345 g/mol. The Morgan fingerprint density at radius 2 is 1.69 bits per heavy atom. The van der Waals surface area contributed by atoms with Crippen LogP contribution < -0.4 is 10.7 Å². The quantitative estimate of drug-likeness (QED) is 0.551. The number of hydrazone groups is 1. The Bertz CT molecular complexity index is 974. The smallest absolute Gasteiger partial charge is 0.259 e. The van der Waals surface area contributed by atoms with E-state index in [1.807, 2.05) is 61.5 Å². The molecule has 2 amide bonds. The Hall–Kier alpha value is -3.47. The minimum absolute atomic E-state index is 0.139. The van der Waals surface area contributed by atoms with Gasteiger partial charge in [0, 0.05) is 11.1 Å². The maximum Gasteiger partial charge on any atom is 0.259 e. The van der Waals surface area contributed by atoms with E-state index in [0.29, 0.717) is 5.56 Å². The number of amides is 2. The van der Waals surface area contributed by atoms with Gasteiger partial charge in [0.2, 0.25) is 0 Å². The zero-order valence-corrected chi connectivity index (χ0v) is 14.4. The fourth-order valence-corrected chi connectivity index (χ4v) is 2.66. The molecule has 0 saturated carbocycles. The molecule has 5 nitrogen and oxygen atoms in total. The number of rotatable bonds is 5. The molecule has 26 heavy (non-hydrogen) atoms. The molecule has 0 radical (unpaired) electrons. The van der Waals surface area contributed by atoms with Crippen molar-refractivity contribution in [1.82, 2.24) is 10.7 Å². The lowest BCUT2D eigenvalue weighted by atomic mass is 10.1. The molecular weight excluding hydrogens is 326 g/mol. The van der Waals surface area contributed by atoms with Crippen molar-refractivity contribution in [3.63, 3.8) is 0 Å². The summed E-state index contributed by atoms with van der Waals surface area (Å²) < 4.78 is 0. The van der Waals surface area contributed by atoms with E-state index < -0.39 is 0 Å². The van der Waals surface area contributed by atoms with E-state index in [9.17, 15) is 9.59 Å². The summed E-state index contributed by atoms with van der Waals surface area (Å²) in [5.74, 6) is -0.667. The van der Waals surface area contributed by atoms with Crippen LogP contribution in [0.15, 0.2) is 71.8 Å². The highest BCUT2D eigenvalue weighted by Crippen LogP contribution is 2.16. The van der Waals surface area contributed by atoms with Gasteiger partial charge in [0.25, 0.3) is 11.8 Å². The van der Waals surface area contributed by atoms with Crippen molar-refractivity contribution in [2.24, 2.45) is 5.10 Å². The largest absolute Gasteiger partial charge is 0.343 e. The summed E-state index contributed by atoms with van der Waals surface area (Å²) >= 11 is 0. The van der Waals surface area contributed by atoms with Crippen LogP contribution in [0.1, 0.15) is 21.5 Å². The van der Waals surface area contributed by atoms with Crippen molar-refractivity contribution < 1.29 is 9.59 Å². The molecule has 2 N–H and O–H groups in total. The van der Waals surface area contributed by atoms with Gasteiger partial charge in [-0.15, -0.1) is 0 Å². The first-order valence-electron chi connectivity index (χ1n) is 8.28. The van der Waals surface area contributed by atoms with Crippen LogP contribution >= 0.6 is 0 Å². The predicted octanol–water partition coefficient (Wildman–Crippen LogP) is 3.03. The fraction of sp³-hybridized carbons (Fsp3) is 0.0952. The Balaban J connectivity index is 1.56. The lowest BCUT2D eigenvalue weighted by Crippen LogP contribution is -2.35. The van der Waals surface area contributed by atoms with Crippen LogP contribution in [0.5, 0.6) is 0 Å². The van der Waals surface area contributed by atoms with E-state index in [1.165, 1.54) is 0 Å². The lowest BCUT2D eigenvalue weighted by Gasteiger charge is -2.06. The first-order chi connectivity index (χ1) is 12.6. The zero-order valence-electron chi connectivity index (χ0n) is 14.4. The fourth-order valence-electron chi connectivity index (χ4n) is 2.66. The second-order valence-electron chi connectivity index (χ2n) is 5.86. The second kappa shape index (κ2) is 8.07. The lowest BCUT2D eigenvalue weighted by molar-refractivity contribution is -0.120. The van der Waals surface area contributed by atoms with Gasteiger partial charge >= 0.3 is 0 Å². The maximum absolute atomic E-state index is 12.1. The molecule has 0 unspecified atom stereocenters. The first-order valence-corrected chi connectivity index (χ1v) is 8.28. The van der Waals surface area contributed by atoms with Gasteiger partial charge in [-0.3, -0.25) is 9.59 Å². The Kier molecular flexibility index (Phi) is 5.39. The van der Waals surface area contributed by atoms with Crippen LogP contribution in [0, 0.1) is 6.92 Å². The van der Waals surface area contributed by atoms with Gasteiger partial charge < -0.3 is 5.32 Å². The molecule has 3 rings (SSSR count). The molecule has 0 aromatic heterocycles. The molecule has 0 fully saturated rings. The number of hydrogen-bond acceptors (Lipinski definition) is 3. The summed E-state index contributed by atoms with van der Waals surface area (Å²) in [6, 6.07) is 21.1. The van der Waals surface area contributed by atoms with Crippen molar-refractivity contribution in [2.75, 3.05) is 6.54 Å². The average Bonchev–Trinajstić information content (AvgIpc) is 2.66. The van der Waals surface area contributed by atoms with Gasteiger partial charge in [0.1, 0.15) is 0 Å². The molecule has 3 aromatic carbocycles. The van der Waals surface area contributed by atoms with Gasteiger partial charge in [0.05, 0.1) is 12.8 Å². The minimum Gasteiger partial charge on any atom is -0.343 e. The second-order valence-corrected chi connectivity index (χ2v) is 5.86. The van der Waals surface area contributed by atoms with Gasteiger partial charge in [-0.25, -0.2) is 5.43 Å². The molecule has 0 aliphatic carbocycles. The van der Waals surface area contributed by atoms with E-state index in [2.05, 4.69) is 15.8 Å². The molecule has 5 heteroatoms. The number of carbonyl (C=O) groups is 2. The van der Waals surface area contributed by atoms with Crippen molar-refractivity contribution >= 4 is 28.8 Å². The topological polar surface area (TPSA) is 70.6 Å². The summed E-state index contributed by atoms with van der Waals surface area (Å²) in [4.78, 5) is 24.0. The van der Waals surface area contributed by atoms with Crippen LogP contribution in [0.4, 0.5) is 0 Å². The Morgan fingerprint density at radius 1 is 0.962 bits per heavy atom. The van der Waals surface area contributed by atoms with Crippen molar-refractivity contribution in [2.45, 2.75) is 6.92 Å². The number of nitrogens with zero attached hydrogens (tertiary/aromatic N) is 1. The van der Waals surface area contributed by atoms with Crippen LogP contribution in [-0.2, 0) is 4.79 Å². The van der Waals surface area contributed by atoms with Gasteiger partial charge in [-0.2, -0.15) is 5.10 Å². The summed E-state index contributed by atoms with van der Waals surface area (Å²) in [7, 11) is 0. The number of aryl methyl sites for hydroxylation is 1. The van der Waals surface area contributed by atoms with E-state index in [0.717, 1.165) is 21.9 Å². The van der Waals surface area contributed by atoms with E-state index in [4.69, 9.17) is 0 Å². The van der Waals surface area contributed by atoms with Crippen molar-refractivity contribution in [3.8, 4) is 0 Å². The molecule has 0 atom stereocenters. The summed E-state index contributed by atoms with van der Waals surface area (Å²) in [6.07, 6.45) is 1.60. The Morgan fingerprint density at radius 3 is 2.54 bits per heavy atom. The highest BCUT2D eigenvalue weighted by atomic mass is 16.2. The molecule has 0 aliphatic rings. The molecule has 0 saturated heterocycles. The molecule has 130 valence electrons. The number of nitrogens with one attached hydrogen (secondary N) is 2. The van der Waals surface area contributed by atoms with Crippen LogP contribution in [0.3, 0.4) is 0 Å². The zero-order chi connectivity index (χ0) is 18.4. The molecule has 0 heterocycles. The number of carbonyl (C=O) groups excluding carboxylic acids is 2. The number of benzene rings is 3. The van der Waals surface area contributed by atoms with Crippen molar-refractivity contribution in [1.29, 1.82) is 0 Å². The third-order valence-electron chi connectivity index (χ3n) is 4.02. The maximum atomic E-state index is 12.1. The van der Waals surface area contributed by atoms with E-state index in [-0.39, 0.29) is 18.4 Å². The third kappa shape index (κ3) is 4.13. The normalized spacial score (nSPS) is 10.8. The van der Waals surface area contributed by atoms with Crippen LogP contribution in [0.25, 0.3) is 10.8 Å². The minimum atomic E-state index is -0.386. The summed E-state index contributed by atoms with van der Waals surface area (Å²) in [5.41, 5.74) is 4.76. The molecule has 0 bridgehead atoms. The third-order valence-corrected chi connectivity index (χ3v) is 4.02. The van der Waals surface area contributed by atoms with Gasteiger partial charge in [-0.05, 0) is 29.3 Å². The number of fused-ring (bicyclic) bond motifs is 1. The first kappa shape index (κ1) is 17.4. The molecule has 0 aliphatic heterocycles. The summed E-state index contributed by atoms with van der Waals surface area (Å²) in [6.45, 7) is 1.71. The summed E-state index contributed by atoms with van der Waals surface area (Å²) in [5, 5.41) is 8.74. The van der Waals surface area contributed by atoms with Gasteiger partial charge in [-0.1, -0.05) is 60.7 Å². The highest BCUT2D eigenvalue weighted by Gasteiger charge is 2.09. The van der Waals surface area contributed by atoms with Crippen molar-refractivity contribution in [3.05, 3.63) is 83.4 Å². The number of hydrogen-bond donors (Lipinski definition) is 2. The monoisotopic (exact) mass is 345 g/mol. The molecular formula is C21H19N3O2.